The number of rotatable bonds is 4. The van der Waals surface area contributed by atoms with Gasteiger partial charge in [0.15, 0.2) is 0 Å². The van der Waals surface area contributed by atoms with E-state index < -0.39 is 0 Å². The van der Waals surface area contributed by atoms with Crippen LogP contribution in [0.5, 0.6) is 0 Å². The molecular weight excluding hydrogens is 234 g/mol. The number of hydrogen-bond donors (Lipinski definition) is 1. The first kappa shape index (κ1) is 14.4. The molecule has 3 nitrogen and oxygen atoms in total. The molecule has 0 spiro atoms. The first-order chi connectivity index (χ1) is 9.11. The van der Waals surface area contributed by atoms with E-state index in [1.54, 1.807) is 0 Å². The minimum Gasteiger partial charge on any atom is -0.369 e. The second-order valence-corrected chi connectivity index (χ2v) is 5.68. The molecule has 1 fully saturated rings. The van der Waals surface area contributed by atoms with Crippen LogP contribution in [0, 0.1) is 13.8 Å². The molecule has 1 heterocycles. The molecule has 2 N–H and O–H groups in total. The molecule has 0 bridgehead atoms. The highest BCUT2D eigenvalue weighted by Gasteiger charge is 2.19. The van der Waals surface area contributed by atoms with E-state index in [0.29, 0.717) is 6.04 Å². The van der Waals surface area contributed by atoms with Gasteiger partial charge in [-0.15, -0.1) is 0 Å². The molecule has 1 aromatic rings. The Bertz CT molecular complexity index is 408. The molecular formula is C16H27N3. The van der Waals surface area contributed by atoms with Crippen molar-refractivity contribution in [3.8, 4) is 0 Å². The van der Waals surface area contributed by atoms with Crippen molar-refractivity contribution in [3.05, 3.63) is 29.3 Å². The summed E-state index contributed by atoms with van der Waals surface area (Å²) in [6.45, 7) is 12.1. The Morgan fingerprint density at radius 1 is 1.16 bits per heavy atom. The van der Waals surface area contributed by atoms with Crippen LogP contribution in [0.15, 0.2) is 18.2 Å². The summed E-state index contributed by atoms with van der Waals surface area (Å²) in [6.07, 6.45) is 1.07. The fourth-order valence-corrected chi connectivity index (χ4v) is 2.71. The van der Waals surface area contributed by atoms with E-state index in [0.717, 1.165) is 39.1 Å². The lowest BCUT2D eigenvalue weighted by Crippen LogP contribution is -2.50. The summed E-state index contributed by atoms with van der Waals surface area (Å²) >= 11 is 0. The van der Waals surface area contributed by atoms with Crippen LogP contribution in [-0.4, -0.2) is 43.7 Å². The minimum absolute atomic E-state index is 0.326. The highest BCUT2D eigenvalue weighted by Crippen LogP contribution is 2.23. The molecule has 1 aromatic carbocycles. The lowest BCUT2D eigenvalue weighted by Gasteiger charge is -2.37. The van der Waals surface area contributed by atoms with Gasteiger partial charge in [0.25, 0.3) is 0 Å². The van der Waals surface area contributed by atoms with Crippen molar-refractivity contribution < 1.29 is 0 Å². The van der Waals surface area contributed by atoms with Crippen LogP contribution >= 0.6 is 0 Å². The van der Waals surface area contributed by atoms with Gasteiger partial charge in [0, 0.05) is 44.5 Å². The van der Waals surface area contributed by atoms with Crippen LogP contribution in [0.1, 0.15) is 24.5 Å². The topological polar surface area (TPSA) is 32.5 Å². The number of piperazine rings is 1. The van der Waals surface area contributed by atoms with Gasteiger partial charge in [-0.05, 0) is 37.5 Å². The molecule has 19 heavy (non-hydrogen) atoms. The summed E-state index contributed by atoms with van der Waals surface area (Å²) in [7, 11) is 0. The zero-order chi connectivity index (χ0) is 13.8. The molecule has 1 atom stereocenters. The smallest absolute Gasteiger partial charge is 0.0399 e. The maximum Gasteiger partial charge on any atom is 0.0399 e. The average molecular weight is 261 g/mol. The van der Waals surface area contributed by atoms with E-state index in [4.69, 9.17) is 5.73 Å². The van der Waals surface area contributed by atoms with Crippen LogP contribution in [0.3, 0.4) is 0 Å². The standard InChI is InChI=1S/C16H27N3/c1-4-15(17)12-18-8-10-19(11-9-18)16-7-5-6-13(2)14(16)3/h5-7,15H,4,8-12,17H2,1-3H3. The molecule has 0 radical (unpaired) electrons. The third-order valence-corrected chi connectivity index (χ3v) is 4.31. The summed E-state index contributed by atoms with van der Waals surface area (Å²) in [6, 6.07) is 6.93. The van der Waals surface area contributed by atoms with Crippen LogP contribution in [0.2, 0.25) is 0 Å². The Morgan fingerprint density at radius 2 is 1.84 bits per heavy atom. The van der Waals surface area contributed by atoms with Crippen molar-refractivity contribution in [1.29, 1.82) is 0 Å². The number of nitrogens with zero attached hydrogens (tertiary/aromatic N) is 2. The predicted molar refractivity (Wildman–Crippen MR) is 82.8 cm³/mol. The van der Waals surface area contributed by atoms with Gasteiger partial charge in [-0.1, -0.05) is 19.1 Å². The number of aryl methyl sites for hydroxylation is 1. The zero-order valence-electron chi connectivity index (χ0n) is 12.5. The van der Waals surface area contributed by atoms with Crippen LogP contribution < -0.4 is 10.6 Å². The van der Waals surface area contributed by atoms with E-state index in [1.165, 1.54) is 16.8 Å². The molecule has 0 aromatic heterocycles. The van der Waals surface area contributed by atoms with E-state index in [-0.39, 0.29) is 0 Å². The summed E-state index contributed by atoms with van der Waals surface area (Å²) < 4.78 is 0. The average Bonchev–Trinajstić information content (AvgIpc) is 2.43. The zero-order valence-corrected chi connectivity index (χ0v) is 12.5. The molecule has 3 heteroatoms. The van der Waals surface area contributed by atoms with Gasteiger partial charge in [-0.3, -0.25) is 4.90 Å². The van der Waals surface area contributed by atoms with Gasteiger partial charge in [0.2, 0.25) is 0 Å². The third-order valence-electron chi connectivity index (χ3n) is 4.31. The number of anilines is 1. The molecule has 0 saturated carbocycles. The van der Waals surface area contributed by atoms with E-state index in [9.17, 15) is 0 Å². The quantitative estimate of drug-likeness (QED) is 0.901. The van der Waals surface area contributed by atoms with Gasteiger partial charge >= 0.3 is 0 Å². The Morgan fingerprint density at radius 3 is 2.47 bits per heavy atom. The fraction of sp³-hybridized carbons (Fsp3) is 0.625. The van der Waals surface area contributed by atoms with Gasteiger partial charge in [-0.25, -0.2) is 0 Å². The molecule has 1 aliphatic rings. The van der Waals surface area contributed by atoms with E-state index in [1.807, 2.05) is 0 Å². The van der Waals surface area contributed by atoms with Crippen LogP contribution in [0.25, 0.3) is 0 Å². The van der Waals surface area contributed by atoms with E-state index >= 15 is 0 Å². The third kappa shape index (κ3) is 3.48. The summed E-state index contributed by atoms with van der Waals surface area (Å²) in [4.78, 5) is 5.01. The Balaban J connectivity index is 1.94. The maximum absolute atomic E-state index is 6.04. The number of hydrogen-bond acceptors (Lipinski definition) is 3. The fourth-order valence-electron chi connectivity index (χ4n) is 2.71. The van der Waals surface area contributed by atoms with Crippen molar-refractivity contribution in [3.63, 3.8) is 0 Å². The molecule has 106 valence electrons. The molecule has 1 aliphatic heterocycles. The second kappa shape index (κ2) is 6.40. The largest absolute Gasteiger partial charge is 0.369 e. The molecule has 2 rings (SSSR count). The van der Waals surface area contributed by atoms with Crippen molar-refractivity contribution >= 4 is 5.69 Å². The van der Waals surface area contributed by atoms with Crippen molar-refractivity contribution in [2.24, 2.45) is 5.73 Å². The Kier molecular flexibility index (Phi) is 4.83. The number of benzene rings is 1. The normalized spacial score (nSPS) is 18.6. The van der Waals surface area contributed by atoms with E-state index in [2.05, 4.69) is 48.8 Å². The Hall–Kier alpha value is -1.06. The van der Waals surface area contributed by atoms with Crippen LogP contribution in [0.4, 0.5) is 5.69 Å². The second-order valence-electron chi connectivity index (χ2n) is 5.68. The SMILES string of the molecule is CCC(N)CN1CCN(c2cccc(C)c2C)CC1. The lowest BCUT2D eigenvalue weighted by molar-refractivity contribution is 0.240. The molecule has 1 unspecified atom stereocenters. The molecule has 0 aliphatic carbocycles. The van der Waals surface area contributed by atoms with Gasteiger partial charge in [-0.2, -0.15) is 0 Å². The summed E-state index contributed by atoms with van der Waals surface area (Å²) in [5.41, 5.74) is 10.2. The van der Waals surface area contributed by atoms with Gasteiger partial charge in [0.1, 0.15) is 0 Å². The predicted octanol–water partition coefficient (Wildman–Crippen LogP) is 2.16. The first-order valence-corrected chi connectivity index (χ1v) is 7.41. The highest BCUT2D eigenvalue weighted by molar-refractivity contribution is 5.56. The first-order valence-electron chi connectivity index (χ1n) is 7.41. The summed E-state index contributed by atoms with van der Waals surface area (Å²) in [5, 5.41) is 0. The summed E-state index contributed by atoms with van der Waals surface area (Å²) in [5.74, 6) is 0. The van der Waals surface area contributed by atoms with Crippen LogP contribution in [-0.2, 0) is 0 Å². The maximum atomic E-state index is 6.04. The molecule has 1 saturated heterocycles. The minimum atomic E-state index is 0.326. The Labute approximate surface area is 117 Å². The van der Waals surface area contributed by atoms with Crippen molar-refractivity contribution in [1.82, 2.24) is 4.90 Å². The number of nitrogens with two attached hydrogens (primary N) is 1. The monoisotopic (exact) mass is 261 g/mol. The van der Waals surface area contributed by atoms with Gasteiger partial charge < -0.3 is 10.6 Å². The highest BCUT2D eigenvalue weighted by atomic mass is 15.3. The van der Waals surface area contributed by atoms with Crippen molar-refractivity contribution in [2.45, 2.75) is 33.2 Å². The van der Waals surface area contributed by atoms with Gasteiger partial charge in [0.05, 0.1) is 0 Å². The van der Waals surface area contributed by atoms with Crippen molar-refractivity contribution in [2.75, 3.05) is 37.6 Å². The molecule has 0 amide bonds. The lowest BCUT2D eigenvalue weighted by atomic mass is 10.1.